The molecule has 0 radical (unpaired) electrons. The smallest absolute Gasteiger partial charge is 0.317 e. The third-order valence-electron chi connectivity index (χ3n) is 3.70. The van der Waals surface area contributed by atoms with E-state index >= 15 is 0 Å². The van der Waals surface area contributed by atoms with Crippen LogP contribution in [0.15, 0.2) is 12.3 Å². The number of hydrogen-bond acceptors (Lipinski definition) is 3. The second-order valence-corrected chi connectivity index (χ2v) is 5.51. The molecule has 0 spiro atoms. The van der Waals surface area contributed by atoms with Crippen LogP contribution in [0.5, 0.6) is 0 Å². The largest absolute Gasteiger partial charge is 0.481 e. The molecule has 1 unspecified atom stereocenters. The van der Waals surface area contributed by atoms with Crippen molar-refractivity contribution in [2.24, 2.45) is 13.0 Å². The van der Waals surface area contributed by atoms with E-state index in [1.54, 1.807) is 9.58 Å². The molecule has 1 saturated heterocycles. The van der Waals surface area contributed by atoms with Gasteiger partial charge in [-0.25, -0.2) is 4.79 Å². The number of carbonyl (C=O) groups is 2. The molecule has 21 heavy (non-hydrogen) atoms. The lowest BCUT2D eigenvalue weighted by molar-refractivity contribution is -0.138. The van der Waals surface area contributed by atoms with E-state index in [0.29, 0.717) is 26.1 Å². The van der Waals surface area contributed by atoms with E-state index in [1.165, 1.54) is 0 Å². The molecular weight excluding hydrogens is 272 g/mol. The SMILES string of the molecule is Cn1ccc(CCNC(=O)N2CCCC(CC(=O)O)C2)n1. The van der Waals surface area contributed by atoms with Crippen molar-refractivity contribution in [3.05, 3.63) is 18.0 Å². The lowest BCUT2D eigenvalue weighted by Crippen LogP contribution is -2.46. The van der Waals surface area contributed by atoms with E-state index in [9.17, 15) is 9.59 Å². The van der Waals surface area contributed by atoms with Crippen LogP contribution in [0, 0.1) is 5.92 Å². The molecule has 0 aromatic carbocycles. The summed E-state index contributed by atoms with van der Waals surface area (Å²) in [6, 6.07) is 1.82. The summed E-state index contributed by atoms with van der Waals surface area (Å²) in [7, 11) is 1.86. The zero-order chi connectivity index (χ0) is 15.2. The van der Waals surface area contributed by atoms with Crippen LogP contribution in [-0.2, 0) is 18.3 Å². The molecule has 0 bridgehead atoms. The van der Waals surface area contributed by atoms with Crippen molar-refractivity contribution >= 4 is 12.0 Å². The summed E-state index contributed by atoms with van der Waals surface area (Å²) in [5, 5.41) is 16.0. The minimum absolute atomic E-state index is 0.0674. The van der Waals surface area contributed by atoms with Gasteiger partial charge in [0.2, 0.25) is 0 Å². The number of carboxylic acid groups (broad SMARTS) is 1. The maximum Gasteiger partial charge on any atom is 0.317 e. The first-order valence-corrected chi connectivity index (χ1v) is 7.27. The first-order valence-electron chi connectivity index (χ1n) is 7.27. The van der Waals surface area contributed by atoms with Crippen molar-refractivity contribution in [3.8, 4) is 0 Å². The number of nitrogens with zero attached hydrogens (tertiary/aromatic N) is 3. The Bertz CT molecular complexity index is 500. The van der Waals surface area contributed by atoms with E-state index in [-0.39, 0.29) is 18.4 Å². The normalized spacial score (nSPS) is 18.5. The summed E-state index contributed by atoms with van der Waals surface area (Å²) in [5.74, 6) is -0.727. The van der Waals surface area contributed by atoms with E-state index in [4.69, 9.17) is 5.11 Å². The van der Waals surface area contributed by atoms with Crippen LogP contribution in [-0.4, -0.2) is 51.4 Å². The van der Waals surface area contributed by atoms with Crippen LogP contribution in [0.25, 0.3) is 0 Å². The number of aryl methyl sites for hydroxylation is 1. The van der Waals surface area contributed by atoms with Crippen molar-refractivity contribution in [3.63, 3.8) is 0 Å². The van der Waals surface area contributed by atoms with Crippen LogP contribution in [0.2, 0.25) is 0 Å². The van der Waals surface area contributed by atoms with E-state index < -0.39 is 5.97 Å². The van der Waals surface area contributed by atoms with Gasteiger partial charge >= 0.3 is 12.0 Å². The van der Waals surface area contributed by atoms with Crippen molar-refractivity contribution in [1.29, 1.82) is 0 Å². The van der Waals surface area contributed by atoms with Crippen LogP contribution < -0.4 is 5.32 Å². The highest BCUT2D eigenvalue weighted by Crippen LogP contribution is 2.19. The van der Waals surface area contributed by atoms with Gasteiger partial charge in [-0.2, -0.15) is 5.10 Å². The highest BCUT2D eigenvalue weighted by molar-refractivity contribution is 5.74. The Morgan fingerprint density at radius 2 is 2.33 bits per heavy atom. The topological polar surface area (TPSA) is 87.5 Å². The monoisotopic (exact) mass is 294 g/mol. The maximum atomic E-state index is 12.1. The molecule has 2 rings (SSSR count). The second-order valence-electron chi connectivity index (χ2n) is 5.51. The van der Waals surface area contributed by atoms with Gasteiger partial charge in [0, 0.05) is 45.7 Å². The Labute approximate surface area is 123 Å². The van der Waals surface area contributed by atoms with Gasteiger partial charge in [0.1, 0.15) is 0 Å². The Morgan fingerprint density at radius 1 is 1.52 bits per heavy atom. The lowest BCUT2D eigenvalue weighted by Gasteiger charge is -2.32. The number of rotatable bonds is 5. The zero-order valence-electron chi connectivity index (χ0n) is 12.3. The van der Waals surface area contributed by atoms with E-state index in [2.05, 4.69) is 10.4 Å². The van der Waals surface area contributed by atoms with Gasteiger partial charge in [-0.1, -0.05) is 0 Å². The molecule has 2 N–H and O–H groups in total. The Kier molecular flexibility index (Phi) is 5.19. The summed E-state index contributed by atoms with van der Waals surface area (Å²) in [5.41, 5.74) is 0.945. The highest BCUT2D eigenvalue weighted by atomic mass is 16.4. The molecule has 1 aliphatic rings. The fourth-order valence-electron chi connectivity index (χ4n) is 2.67. The Hall–Kier alpha value is -2.05. The zero-order valence-corrected chi connectivity index (χ0v) is 12.3. The molecule has 116 valence electrons. The summed E-state index contributed by atoms with van der Waals surface area (Å²) in [6.45, 7) is 1.77. The number of aliphatic carboxylic acids is 1. The van der Waals surface area contributed by atoms with Crippen molar-refractivity contribution in [2.75, 3.05) is 19.6 Å². The third-order valence-corrected chi connectivity index (χ3v) is 3.70. The lowest BCUT2D eigenvalue weighted by atomic mass is 9.95. The highest BCUT2D eigenvalue weighted by Gasteiger charge is 2.24. The molecule has 1 fully saturated rings. The second kappa shape index (κ2) is 7.10. The summed E-state index contributed by atoms with van der Waals surface area (Å²) in [4.78, 5) is 24.5. The summed E-state index contributed by atoms with van der Waals surface area (Å²) < 4.78 is 1.73. The number of carbonyl (C=O) groups excluding carboxylic acids is 1. The number of carboxylic acids is 1. The molecule has 1 aromatic rings. The van der Waals surface area contributed by atoms with Crippen LogP contribution in [0.4, 0.5) is 4.79 Å². The average molecular weight is 294 g/mol. The molecule has 0 saturated carbocycles. The molecule has 1 aliphatic heterocycles. The predicted octanol–water partition coefficient (Wildman–Crippen LogP) is 0.859. The number of aromatic nitrogens is 2. The Balaban J connectivity index is 1.73. The van der Waals surface area contributed by atoms with E-state index in [1.807, 2.05) is 19.3 Å². The predicted molar refractivity (Wildman–Crippen MR) is 76.9 cm³/mol. The van der Waals surface area contributed by atoms with Crippen LogP contribution in [0.3, 0.4) is 0 Å². The maximum absolute atomic E-state index is 12.1. The van der Waals surface area contributed by atoms with Gasteiger partial charge in [0.05, 0.1) is 5.69 Å². The van der Waals surface area contributed by atoms with Crippen LogP contribution in [0.1, 0.15) is 25.0 Å². The third kappa shape index (κ3) is 4.77. The van der Waals surface area contributed by atoms with Gasteiger partial charge in [-0.15, -0.1) is 0 Å². The van der Waals surface area contributed by atoms with Gasteiger partial charge < -0.3 is 15.3 Å². The Morgan fingerprint density at radius 3 is 3.00 bits per heavy atom. The first-order chi connectivity index (χ1) is 10.0. The molecule has 2 heterocycles. The quantitative estimate of drug-likeness (QED) is 0.843. The fourth-order valence-corrected chi connectivity index (χ4v) is 2.67. The average Bonchev–Trinajstić information content (AvgIpc) is 2.84. The molecular formula is C14H22N4O3. The van der Waals surface area contributed by atoms with Gasteiger partial charge in [-0.3, -0.25) is 9.48 Å². The number of likely N-dealkylation sites (tertiary alicyclic amines) is 1. The molecule has 0 aliphatic carbocycles. The minimum atomic E-state index is -0.794. The minimum Gasteiger partial charge on any atom is -0.481 e. The van der Waals surface area contributed by atoms with Gasteiger partial charge in [0.15, 0.2) is 0 Å². The number of piperidine rings is 1. The van der Waals surface area contributed by atoms with Crippen molar-refractivity contribution in [1.82, 2.24) is 20.0 Å². The van der Waals surface area contributed by atoms with Gasteiger partial charge in [-0.05, 0) is 24.8 Å². The molecule has 1 aromatic heterocycles. The van der Waals surface area contributed by atoms with E-state index in [0.717, 1.165) is 18.5 Å². The molecule has 2 amide bonds. The molecule has 1 atom stereocenters. The summed E-state index contributed by atoms with van der Waals surface area (Å²) >= 11 is 0. The number of urea groups is 1. The summed E-state index contributed by atoms with van der Waals surface area (Å²) in [6.07, 6.45) is 4.45. The standard InChI is InChI=1S/C14H22N4O3/c1-17-8-5-12(16-17)4-6-15-14(21)18-7-2-3-11(10-18)9-13(19)20/h5,8,11H,2-4,6-7,9-10H2,1H3,(H,15,21)(H,19,20). The van der Waals surface area contributed by atoms with Crippen molar-refractivity contribution in [2.45, 2.75) is 25.7 Å². The fraction of sp³-hybridized carbons (Fsp3) is 0.643. The first kappa shape index (κ1) is 15.3. The number of amides is 2. The van der Waals surface area contributed by atoms with Gasteiger partial charge in [0.25, 0.3) is 0 Å². The molecule has 7 heteroatoms. The number of nitrogens with one attached hydrogen (secondary N) is 1. The van der Waals surface area contributed by atoms with Crippen LogP contribution >= 0.6 is 0 Å². The van der Waals surface area contributed by atoms with Crippen molar-refractivity contribution < 1.29 is 14.7 Å². The molecule has 7 nitrogen and oxygen atoms in total. The number of hydrogen-bond donors (Lipinski definition) is 2.